The maximum atomic E-state index is 6.39. The summed E-state index contributed by atoms with van der Waals surface area (Å²) in [5.74, 6) is 0. The van der Waals surface area contributed by atoms with Crippen LogP contribution < -0.4 is 5.73 Å². The summed E-state index contributed by atoms with van der Waals surface area (Å²) in [6.07, 6.45) is 0. The van der Waals surface area contributed by atoms with Crippen LogP contribution in [0.2, 0.25) is 0 Å². The molecule has 0 amide bonds. The minimum Gasteiger partial charge on any atom is -0.320 e. The van der Waals surface area contributed by atoms with Gasteiger partial charge < -0.3 is 5.73 Å². The molecule has 1 heterocycles. The van der Waals surface area contributed by atoms with Crippen molar-refractivity contribution in [2.75, 3.05) is 0 Å². The van der Waals surface area contributed by atoms with Crippen LogP contribution in [0.4, 0.5) is 0 Å². The molecule has 0 fully saturated rings. The van der Waals surface area contributed by atoms with Crippen LogP contribution in [-0.4, -0.2) is 0 Å². The molecule has 0 bridgehead atoms. The van der Waals surface area contributed by atoms with E-state index in [2.05, 4.69) is 51.3 Å². The normalized spacial score (nSPS) is 12.8. The fourth-order valence-corrected chi connectivity index (χ4v) is 3.11. The van der Waals surface area contributed by atoms with Gasteiger partial charge in [0.25, 0.3) is 0 Å². The first kappa shape index (κ1) is 12.3. The summed E-state index contributed by atoms with van der Waals surface area (Å²) >= 11 is 1.75. The second kappa shape index (κ2) is 4.63. The maximum absolute atomic E-state index is 6.39. The van der Waals surface area contributed by atoms with Gasteiger partial charge in [-0.25, -0.2) is 0 Å². The molecule has 2 aromatic rings. The fraction of sp³-hybridized carbons (Fsp3) is 0.333. The van der Waals surface area contributed by atoms with E-state index in [0.29, 0.717) is 0 Å². The molecule has 1 aromatic heterocycles. The highest BCUT2D eigenvalue weighted by atomic mass is 32.1. The lowest BCUT2D eigenvalue weighted by Crippen LogP contribution is -2.13. The molecule has 2 N–H and O–H groups in total. The third-order valence-electron chi connectivity index (χ3n) is 3.40. The third-order valence-corrected chi connectivity index (χ3v) is 4.50. The Hall–Kier alpha value is -1.12. The largest absolute Gasteiger partial charge is 0.320 e. The second-order valence-electron chi connectivity index (χ2n) is 4.74. The van der Waals surface area contributed by atoms with Gasteiger partial charge in [0, 0.05) is 4.88 Å². The Bertz CT molecular complexity index is 540. The lowest BCUT2D eigenvalue weighted by atomic mass is 9.94. The van der Waals surface area contributed by atoms with Crippen LogP contribution in [0.1, 0.15) is 38.7 Å². The molecule has 0 aliphatic carbocycles. The highest BCUT2D eigenvalue weighted by Gasteiger charge is 2.15. The molecule has 1 nitrogen and oxygen atoms in total. The summed E-state index contributed by atoms with van der Waals surface area (Å²) in [4.78, 5) is 1.27. The average molecular weight is 245 g/mol. The molecule has 0 aliphatic heterocycles. The summed E-state index contributed by atoms with van der Waals surface area (Å²) in [5, 5.41) is 2.11. The number of aryl methyl sites for hydroxylation is 4. The minimum absolute atomic E-state index is 0.00861. The molecule has 1 aromatic carbocycles. The van der Waals surface area contributed by atoms with Gasteiger partial charge in [0.15, 0.2) is 0 Å². The zero-order valence-corrected chi connectivity index (χ0v) is 11.7. The molecule has 2 rings (SSSR count). The van der Waals surface area contributed by atoms with E-state index in [1.807, 2.05) is 0 Å². The highest BCUT2D eigenvalue weighted by molar-refractivity contribution is 7.10. The van der Waals surface area contributed by atoms with E-state index >= 15 is 0 Å². The third kappa shape index (κ3) is 2.28. The van der Waals surface area contributed by atoms with E-state index in [-0.39, 0.29) is 6.04 Å². The van der Waals surface area contributed by atoms with Crippen LogP contribution in [-0.2, 0) is 0 Å². The molecule has 1 unspecified atom stereocenters. The summed E-state index contributed by atoms with van der Waals surface area (Å²) in [6, 6.07) is 6.60. The van der Waals surface area contributed by atoms with Crippen molar-refractivity contribution in [1.29, 1.82) is 0 Å². The predicted molar refractivity (Wildman–Crippen MR) is 75.7 cm³/mol. The van der Waals surface area contributed by atoms with Gasteiger partial charge in [0.05, 0.1) is 6.04 Å². The minimum atomic E-state index is 0.00861. The zero-order chi connectivity index (χ0) is 12.6. The van der Waals surface area contributed by atoms with Crippen LogP contribution in [0, 0.1) is 27.7 Å². The Morgan fingerprint density at radius 1 is 0.941 bits per heavy atom. The SMILES string of the molecule is Cc1cc(C)c(C(N)c2sccc2C)cc1C. The highest BCUT2D eigenvalue weighted by Crippen LogP contribution is 2.30. The van der Waals surface area contributed by atoms with Crippen molar-refractivity contribution in [3.05, 3.63) is 56.3 Å². The van der Waals surface area contributed by atoms with Gasteiger partial charge in [0.2, 0.25) is 0 Å². The quantitative estimate of drug-likeness (QED) is 0.849. The van der Waals surface area contributed by atoms with Crippen molar-refractivity contribution in [1.82, 2.24) is 0 Å². The van der Waals surface area contributed by atoms with Crippen molar-refractivity contribution in [3.8, 4) is 0 Å². The van der Waals surface area contributed by atoms with Crippen LogP contribution in [0.3, 0.4) is 0 Å². The van der Waals surface area contributed by atoms with E-state index in [1.54, 1.807) is 11.3 Å². The Morgan fingerprint density at radius 3 is 2.18 bits per heavy atom. The second-order valence-corrected chi connectivity index (χ2v) is 5.69. The van der Waals surface area contributed by atoms with Gasteiger partial charge in [-0.15, -0.1) is 11.3 Å². The predicted octanol–water partition coefficient (Wildman–Crippen LogP) is 4.03. The van der Waals surface area contributed by atoms with Gasteiger partial charge in [-0.1, -0.05) is 12.1 Å². The molecule has 0 aliphatic rings. The Morgan fingerprint density at radius 2 is 1.59 bits per heavy atom. The first-order chi connectivity index (χ1) is 8.00. The molecule has 17 heavy (non-hydrogen) atoms. The number of hydrogen-bond donors (Lipinski definition) is 1. The number of benzene rings is 1. The molecular weight excluding hydrogens is 226 g/mol. The maximum Gasteiger partial charge on any atom is 0.0651 e. The molecular formula is C15H19NS. The van der Waals surface area contributed by atoms with Gasteiger partial charge in [0.1, 0.15) is 0 Å². The van der Waals surface area contributed by atoms with Crippen molar-refractivity contribution in [2.45, 2.75) is 33.7 Å². The standard InChI is InChI=1S/C15H19NS/c1-9-5-6-17-15(9)14(16)13-8-11(3)10(2)7-12(13)4/h5-8,14H,16H2,1-4H3. The number of rotatable bonds is 2. The molecule has 0 spiro atoms. The summed E-state index contributed by atoms with van der Waals surface area (Å²) < 4.78 is 0. The number of nitrogens with two attached hydrogens (primary N) is 1. The number of hydrogen-bond acceptors (Lipinski definition) is 2. The summed E-state index contributed by atoms with van der Waals surface area (Å²) in [5.41, 5.74) is 12.9. The Labute approximate surface area is 107 Å². The first-order valence-corrected chi connectivity index (χ1v) is 6.76. The lowest BCUT2D eigenvalue weighted by Gasteiger charge is -2.16. The van der Waals surface area contributed by atoms with E-state index in [9.17, 15) is 0 Å². The molecule has 1 atom stereocenters. The van der Waals surface area contributed by atoms with Crippen LogP contribution in [0.5, 0.6) is 0 Å². The Kier molecular flexibility index (Phi) is 3.36. The lowest BCUT2D eigenvalue weighted by molar-refractivity contribution is 0.871. The molecule has 0 saturated heterocycles. The molecule has 0 saturated carbocycles. The van der Waals surface area contributed by atoms with Crippen LogP contribution in [0.15, 0.2) is 23.6 Å². The monoisotopic (exact) mass is 245 g/mol. The fourth-order valence-electron chi connectivity index (χ4n) is 2.16. The average Bonchev–Trinajstić information content (AvgIpc) is 2.69. The Balaban J connectivity index is 2.48. The van der Waals surface area contributed by atoms with Crippen molar-refractivity contribution >= 4 is 11.3 Å². The van der Waals surface area contributed by atoms with Crippen molar-refractivity contribution < 1.29 is 0 Å². The first-order valence-electron chi connectivity index (χ1n) is 5.88. The summed E-state index contributed by atoms with van der Waals surface area (Å²) in [7, 11) is 0. The molecule has 90 valence electrons. The zero-order valence-electron chi connectivity index (χ0n) is 10.9. The smallest absolute Gasteiger partial charge is 0.0651 e. The van der Waals surface area contributed by atoms with Crippen molar-refractivity contribution in [2.24, 2.45) is 5.73 Å². The number of thiophene rings is 1. The molecule has 0 radical (unpaired) electrons. The molecule has 2 heteroatoms. The van der Waals surface area contributed by atoms with E-state index in [1.165, 1.54) is 32.7 Å². The van der Waals surface area contributed by atoms with Crippen molar-refractivity contribution in [3.63, 3.8) is 0 Å². The van der Waals surface area contributed by atoms with E-state index < -0.39 is 0 Å². The van der Waals surface area contributed by atoms with E-state index in [0.717, 1.165) is 0 Å². The van der Waals surface area contributed by atoms with Crippen LogP contribution >= 0.6 is 11.3 Å². The van der Waals surface area contributed by atoms with Crippen LogP contribution in [0.25, 0.3) is 0 Å². The van der Waals surface area contributed by atoms with E-state index in [4.69, 9.17) is 5.73 Å². The van der Waals surface area contributed by atoms with Gasteiger partial charge in [-0.3, -0.25) is 0 Å². The van der Waals surface area contributed by atoms with Gasteiger partial charge in [-0.05, 0) is 67.0 Å². The van der Waals surface area contributed by atoms with Gasteiger partial charge >= 0.3 is 0 Å². The topological polar surface area (TPSA) is 26.0 Å². The summed E-state index contributed by atoms with van der Waals surface area (Å²) in [6.45, 7) is 8.56. The van der Waals surface area contributed by atoms with Gasteiger partial charge in [-0.2, -0.15) is 0 Å².